The van der Waals surface area contributed by atoms with Crippen molar-refractivity contribution in [3.8, 4) is 6.07 Å². The van der Waals surface area contributed by atoms with E-state index in [-0.39, 0.29) is 35.6 Å². The molecule has 0 aromatic heterocycles. The Morgan fingerprint density at radius 2 is 2.10 bits per heavy atom. The highest BCUT2D eigenvalue weighted by Gasteiger charge is 2.32. The van der Waals surface area contributed by atoms with E-state index in [0.29, 0.717) is 6.07 Å². The van der Waals surface area contributed by atoms with Gasteiger partial charge in [0.2, 0.25) is 0 Å². The second-order valence-electron chi connectivity index (χ2n) is 3.89. The number of rotatable bonds is 4. The quantitative estimate of drug-likeness (QED) is 0.632. The molecule has 0 N–H and O–H groups in total. The molecule has 0 aliphatic carbocycles. The molecule has 0 spiro atoms. The fraction of sp³-hybridized carbons (Fsp3) is 0.385. The molecule has 0 amide bonds. The first kappa shape index (κ1) is 16.3. The normalized spacial score (nSPS) is 11.0. The number of hydrogen-bond donors (Lipinski definition) is 0. The van der Waals surface area contributed by atoms with E-state index in [2.05, 4.69) is 0 Å². The van der Waals surface area contributed by atoms with E-state index < -0.39 is 17.7 Å². The zero-order valence-electron chi connectivity index (χ0n) is 10.6. The van der Waals surface area contributed by atoms with Gasteiger partial charge in [-0.2, -0.15) is 18.4 Å². The van der Waals surface area contributed by atoms with Crippen LogP contribution in [0, 0.1) is 11.3 Å². The molecule has 108 valence electrons. The lowest BCUT2D eigenvalue weighted by molar-refractivity contribution is -0.142. The van der Waals surface area contributed by atoms with Crippen LogP contribution >= 0.6 is 11.6 Å². The van der Waals surface area contributed by atoms with E-state index in [9.17, 15) is 18.0 Å². The summed E-state index contributed by atoms with van der Waals surface area (Å²) in [5.74, 6) is -0.844. The molecule has 1 rings (SSSR count). The SMILES string of the molecule is CCOC(=O)Cc1c(C#N)cc(C(F)(F)F)cc1CCl. The molecule has 0 saturated carbocycles. The highest BCUT2D eigenvalue weighted by Crippen LogP contribution is 2.33. The lowest BCUT2D eigenvalue weighted by Gasteiger charge is -2.13. The van der Waals surface area contributed by atoms with Crippen molar-refractivity contribution < 1.29 is 22.7 Å². The molecule has 0 fully saturated rings. The van der Waals surface area contributed by atoms with Gasteiger partial charge in [0.15, 0.2) is 0 Å². The number of halogens is 4. The summed E-state index contributed by atoms with van der Waals surface area (Å²) in [6, 6.07) is 3.23. The molecule has 20 heavy (non-hydrogen) atoms. The smallest absolute Gasteiger partial charge is 0.416 e. The Bertz CT molecular complexity index is 550. The predicted molar refractivity (Wildman–Crippen MR) is 66.1 cm³/mol. The highest BCUT2D eigenvalue weighted by molar-refractivity contribution is 6.17. The summed E-state index contributed by atoms with van der Waals surface area (Å²) >= 11 is 5.61. The van der Waals surface area contributed by atoms with Gasteiger partial charge >= 0.3 is 12.1 Å². The molecule has 1 aromatic rings. The molecule has 0 unspecified atom stereocenters. The van der Waals surface area contributed by atoms with Gasteiger partial charge in [0.25, 0.3) is 0 Å². The molecule has 0 atom stereocenters. The van der Waals surface area contributed by atoms with E-state index in [1.54, 1.807) is 13.0 Å². The van der Waals surface area contributed by atoms with Crippen LogP contribution in [-0.4, -0.2) is 12.6 Å². The van der Waals surface area contributed by atoms with Crippen LogP contribution in [0.4, 0.5) is 13.2 Å². The van der Waals surface area contributed by atoms with Gasteiger partial charge in [0, 0.05) is 5.88 Å². The van der Waals surface area contributed by atoms with Crippen LogP contribution in [0.2, 0.25) is 0 Å². The second-order valence-corrected chi connectivity index (χ2v) is 4.15. The highest BCUT2D eigenvalue weighted by atomic mass is 35.5. The lowest BCUT2D eigenvalue weighted by Crippen LogP contribution is -2.13. The maximum absolute atomic E-state index is 12.7. The minimum atomic E-state index is -4.57. The summed E-state index contributed by atoms with van der Waals surface area (Å²) in [5.41, 5.74) is -0.902. The standard InChI is InChI=1S/C13H11ClF3NO2/c1-2-20-12(19)5-11-8(6-14)3-10(13(15,16)17)4-9(11)7-18/h3-4H,2,5-6H2,1H3. The van der Waals surface area contributed by atoms with Gasteiger partial charge in [-0.15, -0.1) is 11.6 Å². The Labute approximate surface area is 118 Å². The van der Waals surface area contributed by atoms with Gasteiger partial charge in [-0.05, 0) is 30.2 Å². The minimum Gasteiger partial charge on any atom is -0.466 e. The number of carbonyl (C=O) groups excluding carboxylic acids is 1. The van der Waals surface area contributed by atoms with E-state index in [1.807, 2.05) is 0 Å². The van der Waals surface area contributed by atoms with Gasteiger partial charge in [-0.3, -0.25) is 4.79 Å². The number of ether oxygens (including phenoxy) is 1. The fourth-order valence-corrected chi connectivity index (χ4v) is 1.92. The molecule has 0 heterocycles. The van der Waals surface area contributed by atoms with Gasteiger partial charge in [0.05, 0.1) is 30.2 Å². The van der Waals surface area contributed by atoms with Crippen LogP contribution in [0.3, 0.4) is 0 Å². The van der Waals surface area contributed by atoms with Crippen molar-refractivity contribution in [3.05, 3.63) is 34.4 Å². The molecular formula is C13H11ClF3NO2. The van der Waals surface area contributed by atoms with Gasteiger partial charge in [-0.1, -0.05) is 0 Å². The fourth-order valence-electron chi connectivity index (χ4n) is 1.68. The van der Waals surface area contributed by atoms with Crippen LogP contribution < -0.4 is 0 Å². The van der Waals surface area contributed by atoms with Crippen molar-refractivity contribution >= 4 is 17.6 Å². The summed E-state index contributed by atoms with van der Waals surface area (Å²) in [7, 11) is 0. The van der Waals surface area contributed by atoms with Gasteiger partial charge in [-0.25, -0.2) is 0 Å². The number of alkyl halides is 4. The van der Waals surface area contributed by atoms with Crippen LogP contribution in [0.5, 0.6) is 0 Å². The summed E-state index contributed by atoms with van der Waals surface area (Å²) in [6.45, 7) is 1.76. The van der Waals surface area contributed by atoms with Crippen molar-refractivity contribution in [2.75, 3.05) is 6.61 Å². The Balaban J connectivity index is 3.30. The summed E-state index contributed by atoms with van der Waals surface area (Å²) < 4.78 is 42.8. The maximum atomic E-state index is 12.7. The van der Waals surface area contributed by atoms with E-state index in [0.717, 1.165) is 6.07 Å². The summed E-state index contributed by atoms with van der Waals surface area (Å²) in [6.07, 6.45) is -4.86. The van der Waals surface area contributed by atoms with Crippen LogP contribution in [0.1, 0.15) is 29.2 Å². The lowest BCUT2D eigenvalue weighted by atomic mass is 9.96. The second kappa shape index (κ2) is 6.62. The molecule has 0 radical (unpaired) electrons. The monoisotopic (exact) mass is 305 g/mol. The van der Waals surface area contributed by atoms with Crippen LogP contribution in [0.25, 0.3) is 0 Å². The largest absolute Gasteiger partial charge is 0.466 e. The average Bonchev–Trinajstić information content (AvgIpc) is 2.37. The van der Waals surface area contributed by atoms with E-state index >= 15 is 0 Å². The number of esters is 1. The molecule has 1 aromatic carbocycles. The molecule has 0 saturated heterocycles. The number of carbonyl (C=O) groups is 1. The molecule has 7 heteroatoms. The summed E-state index contributed by atoms with van der Waals surface area (Å²) in [5, 5.41) is 8.96. The molecule has 0 aliphatic rings. The van der Waals surface area contributed by atoms with Crippen LogP contribution in [0.15, 0.2) is 12.1 Å². The van der Waals surface area contributed by atoms with Crippen molar-refractivity contribution in [3.63, 3.8) is 0 Å². The molecule has 3 nitrogen and oxygen atoms in total. The Morgan fingerprint density at radius 1 is 1.45 bits per heavy atom. The van der Waals surface area contributed by atoms with Crippen molar-refractivity contribution in [2.45, 2.75) is 25.4 Å². The first-order valence-corrected chi connectivity index (χ1v) is 6.21. The average molecular weight is 306 g/mol. The number of benzene rings is 1. The zero-order valence-corrected chi connectivity index (χ0v) is 11.3. The van der Waals surface area contributed by atoms with E-state index in [1.165, 1.54) is 0 Å². The Kier molecular flexibility index (Phi) is 5.40. The molecular weight excluding hydrogens is 295 g/mol. The zero-order chi connectivity index (χ0) is 15.3. The first-order chi connectivity index (χ1) is 9.33. The van der Waals surface area contributed by atoms with Gasteiger partial charge < -0.3 is 4.74 Å². The number of hydrogen-bond acceptors (Lipinski definition) is 3. The third kappa shape index (κ3) is 3.87. The Hall–Kier alpha value is -1.74. The maximum Gasteiger partial charge on any atom is 0.416 e. The number of nitrogens with zero attached hydrogens (tertiary/aromatic N) is 1. The molecule has 0 bridgehead atoms. The topological polar surface area (TPSA) is 50.1 Å². The predicted octanol–water partition coefficient (Wildman–Crippen LogP) is 3.42. The Morgan fingerprint density at radius 3 is 2.55 bits per heavy atom. The van der Waals surface area contributed by atoms with Crippen molar-refractivity contribution in [1.29, 1.82) is 5.26 Å². The van der Waals surface area contributed by atoms with Crippen molar-refractivity contribution in [2.24, 2.45) is 0 Å². The van der Waals surface area contributed by atoms with Crippen molar-refractivity contribution in [1.82, 2.24) is 0 Å². The molecule has 0 aliphatic heterocycles. The number of nitriles is 1. The third-order valence-electron chi connectivity index (χ3n) is 2.56. The minimum absolute atomic E-state index is 0.103. The van der Waals surface area contributed by atoms with E-state index in [4.69, 9.17) is 21.6 Å². The third-order valence-corrected chi connectivity index (χ3v) is 2.85. The summed E-state index contributed by atoms with van der Waals surface area (Å²) in [4.78, 5) is 11.4. The first-order valence-electron chi connectivity index (χ1n) is 5.68. The van der Waals surface area contributed by atoms with Gasteiger partial charge in [0.1, 0.15) is 0 Å². The van der Waals surface area contributed by atoms with Crippen LogP contribution in [-0.2, 0) is 28.0 Å².